The summed E-state index contributed by atoms with van der Waals surface area (Å²) in [4.78, 5) is 11.7. The highest BCUT2D eigenvalue weighted by molar-refractivity contribution is 7.80. The molecule has 0 atom stereocenters. The molecule has 0 unspecified atom stereocenters. The van der Waals surface area contributed by atoms with E-state index in [1.165, 1.54) is 6.20 Å². The van der Waals surface area contributed by atoms with Crippen LogP contribution in [0.1, 0.15) is 10.4 Å². The Morgan fingerprint density at radius 1 is 1.28 bits per heavy atom. The fraction of sp³-hybridized carbons (Fsp3) is 0. The Morgan fingerprint density at radius 2 is 2.00 bits per heavy atom. The first-order chi connectivity index (χ1) is 8.66. The van der Waals surface area contributed by atoms with Crippen LogP contribution in [0.5, 0.6) is 0 Å². The van der Waals surface area contributed by atoms with Crippen molar-refractivity contribution in [2.45, 2.75) is 0 Å². The number of amides is 1. The molecule has 0 radical (unpaired) electrons. The van der Waals surface area contributed by atoms with Gasteiger partial charge in [0.25, 0.3) is 5.91 Å². The van der Waals surface area contributed by atoms with Gasteiger partial charge in [0.15, 0.2) is 5.11 Å². The summed E-state index contributed by atoms with van der Waals surface area (Å²) in [6.07, 6.45) is 3.08. The van der Waals surface area contributed by atoms with Crippen LogP contribution in [0, 0.1) is 0 Å². The van der Waals surface area contributed by atoms with E-state index in [1.54, 1.807) is 10.9 Å². The van der Waals surface area contributed by atoms with E-state index in [0.29, 0.717) is 5.56 Å². The van der Waals surface area contributed by atoms with Crippen LogP contribution in [-0.4, -0.2) is 20.8 Å². The van der Waals surface area contributed by atoms with Crippen molar-refractivity contribution < 1.29 is 4.79 Å². The number of hydrogen-bond acceptors (Lipinski definition) is 3. The minimum Gasteiger partial charge on any atom is -0.375 e. The normalized spacial score (nSPS) is 9.78. The number of nitrogens with one attached hydrogen (secondary N) is 2. The molecule has 4 N–H and O–H groups in total. The molecule has 0 saturated carbocycles. The highest BCUT2D eigenvalue weighted by atomic mass is 32.1. The molecule has 0 spiro atoms. The molecule has 1 amide bonds. The number of nitrogens with two attached hydrogens (primary N) is 1. The maximum atomic E-state index is 11.7. The Bertz CT molecular complexity index is 566. The summed E-state index contributed by atoms with van der Waals surface area (Å²) in [5.74, 6) is -0.356. The summed E-state index contributed by atoms with van der Waals surface area (Å²) < 4.78 is 1.61. The topological polar surface area (TPSA) is 85.0 Å². The van der Waals surface area contributed by atoms with Crippen molar-refractivity contribution in [3.8, 4) is 5.69 Å². The van der Waals surface area contributed by atoms with Crippen molar-refractivity contribution in [1.29, 1.82) is 0 Å². The van der Waals surface area contributed by atoms with Gasteiger partial charge in [-0.15, -0.1) is 0 Å². The third-order valence-corrected chi connectivity index (χ3v) is 2.27. The van der Waals surface area contributed by atoms with Crippen LogP contribution in [0.15, 0.2) is 42.7 Å². The number of rotatable bonds is 2. The number of carbonyl (C=O) groups excluding carboxylic acids is 1. The molecule has 1 heterocycles. The second-order valence-electron chi connectivity index (χ2n) is 3.45. The molecular weight excluding hydrogens is 250 g/mol. The lowest BCUT2D eigenvalue weighted by molar-refractivity contribution is 0.0944. The molecule has 1 aromatic heterocycles. The minimum atomic E-state index is -0.356. The van der Waals surface area contributed by atoms with Crippen LogP contribution in [0.3, 0.4) is 0 Å². The van der Waals surface area contributed by atoms with E-state index < -0.39 is 0 Å². The molecule has 0 fully saturated rings. The first-order valence-electron chi connectivity index (χ1n) is 5.12. The first-order valence-corrected chi connectivity index (χ1v) is 5.53. The molecule has 2 aromatic rings. The summed E-state index contributed by atoms with van der Waals surface area (Å²) in [5.41, 5.74) is 11.2. The lowest BCUT2D eigenvalue weighted by atomic mass is 10.3. The zero-order valence-electron chi connectivity index (χ0n) is 9.33. The lowest BCUT2D eigenvalue weighted by Gasteiger charge is -2.03. The third-order valence-electron chi connectivity index (χ3n) is 2.16. The summed E-state index contributed by atoms with van der Waals surface area (Å²) in [5, 5.41) is 4.10. The van der Waals surface area contributed by atoms with Gasteiger partial charge >= 0.3 is 0 Å². The van der Waals surface area contributed by atoms with Crippen LogP contribution < -0.4 is 16.6 Å². The molecule has 0 aliphatic carbocycles. The van der Waals surface area contributed by atoms with Crippen LogP contribution in [0.25, 0.3) is 5.69 Å². The molecular formula is C11H11N5OS. The van der Waals surface area contributed by atoms with Gasteiger partial charge in [-0.05, 0) is 24.4 Å². The van der Waals surface area contributed by atoms with Crippen molar-refractivity contribution in [3.63, 3.8) is 0 Å². The van der Waals surface area contributed by atoms with Crippen molar-refractivity contribution in [2.24, 2.45) is 5.73 Å². The smallest absolute Gasteiger partial charge is 0.272 e. The number of thiocarbonyl (C=S) groups is 1. The van der Waals surface area contributed by atoms with Gasteiger partial charge in [0.1, 0.15) is 0 Å². The van der Waals surface area contributed by atoms with Gasteiger partial charge in [0.05, 0.1) is 17.4 Å². The molecule has 0 aliphatic rings. The average Bonchev–Trinajstić information content (AvgIpc) is 2.86. The van der Waals surface area contributed by atoms with Gasteiger partial charge in [0.2, 0.25) is 0 Å². The predicted molar refractivity (Wildman–Crippen MR) is 71.0 cm³/mol. The quantitative estimate of drug-likeness (QED) is 0.536. The predicted octanol–water partition coefficient (Wildman–Crippen LogP) is 0.350. The highest BCUT2D eigenvalue weighted by Gasteiger charge is 2.08. The Morgan fingerprint density at radius 3 is 2.67 bits per heavy atom. The zero-order valence-corrected chi connectivity index (χ0v) is 10.1. The van der Waals surface area contributed by atoms with Gasteiger partial charge in [-0.25, -0.2) is 4.68 Å². The monoisotopic (exact) mass is 261 g/mol. The van der Waals surface area contributed by atoms with Gasteiger partial charge in [-0.3, -0.25) is 15.6 Å². The molecule has 1 aromatic carbocycles. The number of benzene rings is 1. The van der Waals surface area contributed by atoms with E-state index in [2.05, 4.69) is 28.2 Å². The van der Waals surface area contributed by atoms with Crippen molar-refractivity contribution in [2.75, 3.05) is 0 Å². The van der Waals surface area contributed by atoms with Gasteiger partial charge < -0.3 is 5.73 Å². The zero-order chi connectivity index (χ0) is 13.0. The third kappa shape index (κ3) is 2.83. The van der Waals surface area contributed by atoms with Crippen LogP contribution in [0.4, 0.5) is 0 Å². The maximum absolute atomic E-state index is 11.7. The van der Waals surface area contributed by atoms with E-state index in [1.807, 2.05) is 30.3 Å². The molecule has 92 valence electrons. The van der Waals surface area contributed by atoms with E-state index in [4.69, 9.17) is 5.73 Å². The number of para-hydroxylation sites is 1. The number of aromatic nitrogens is 2. The molecule has 18 heavy (non-hydrogen) atoms. The lowest BCUT2D eigenvalue weighted by Crippen LogP contribution is -2.44. The number of hydrazine groups is 1. The Hall–Kier alpha value is -2.41. The minimum absolute atomic E-state index is 0.00111. The molecule has 6 nitrogen and oxygen atoms in total. The largest absolute Gasteiger partial charge is 0.375 e. The standard InChI is InChI=1S/C11H11N5OS/c12-11(18)15-14-10(17)8-6-13-16(7-8)9-4-2-1-3-5-9/h1-7H,(H,14,17)(H3,12,15,18). The van der Waals surface area contributed by atoms with Crippen molar-refractivity contribution in [1.82, 2.24) is 20.6 Å². The van der Waals surface area contributed by atoms with Crippen molar-refractivity contribution in [3.05, 3.63) is 48.3 Å². The highest BCUT2D eigenvalue weighted by Crippen LogP contribution is 2.07. The number of hydrogen-bond donors (Lipinski definition) is 3. The SMILES string of the molecule is NC(=S)NNC(=O)c1cnn(-c2ccccc2)c1. The fourth-order valence-electron chi connectivity index (χ4n) is 1.35. The molecule has 0 aliphatic heterocycles. The van der Waals surface area contributed by atoms with Crippen LogP contribution >= 0.6 is 12.2 Å². The maximum Gasteiger partial charge on any atom is 0.272 e. The van der Waals surface area contributed by atoms with Gasteiger partial charge in [-0.2, -0.15) is 5.10 Å². The first kappa shape index (κ1) is 12.1. The second kappa shape index (κ2) is 5.28. The van der Waals surface area contributed by atoms with Gasteiger partial charge in [-0.1, -0.05) is 18.2 Å². The van der Waals surface area contributed by atoms with E-state index in [0.717, 1.165) is 5.69 Å². The summed E-state index contributed by atoms with van der Waals surface area (Å²) in [7, 11) is 0. The van der Waals surface area contributed by atoms with Crippen LogP contribution in [-0.2, 0) is 0 Å². The summed E-state index contributed by atoms with van der Waals surface area (Å²) in [6.45, 7) is 0. The number of nitrogens with zero attached hydrogens (tertiary/aromatic N) is 2. The Labute approximate surface area is 109 Å². The second-order valence-corrected chi connectivity index (χ2v) is 3.89. The average molecular weight is 261 g/mol. The van der Waals surface area contributed by atoms with E-state index >= 15 is 0 Å². The summed E-state index contributed by atoms with van der Waals surface area (Å²) >= 11 is 4.58. The van der Waals surface area contributed by atoms with Crippen LogP contribution in [0.2, 0.25) is 0 Å². The Balaban J connectivity index is 2.11. The number of carbonyl (C=O) groups is 1. The van der Waals surface area contributed by atoms with E-state index in [9.17, 15) is 4.79 Å². The van der Waals surface area contributed by atoms with E-state index in [-0.39, 0.29) is 11.0 Å². The van der Waals surface area contributed by atoms with Gasteiger partial charge in [0, 0.05) is 6.20 Å². The summed E-state index contributed by atoms with van der Waals surface area (Å²) in [6, 6.07) is 9.48. The molecule has 0 saturated heterocycles. The fourth-order valence-corrected chi connectivity index (χ4v) is 1.40. The van der Waals surface area contributed by atoms with Crippen molar-refractivity contribution >= 4 is 23.2 Å². The Kier molecular flexibility index (Phi) is 3.54. The molecule has 0 bridgehead atoms. The molecule has 7 heteroatoms. The molecule has 2 rings (SSSR count).